The number of carbonyl (C=O) groups excluding carboxylic acids is 3. The van der Waals surface area contributed by atoms with E-state index >= 15 is 0 Å². The summed E-state index contributed by atoms with van der Waals surface area (Å²) in [6, 6.07) is 16.5. The van der Waals surface area contributed by atoms with Crippen LogP contribution in [0.25, 0.3) is 0 Å². The van der Waals surface area contributed by atoms with Crippen LogP contribution >= 0.6 is 0 Å². The minimum absolute atomic E-state index is 0.0533. The summed E-state index contributed by atoms with van der Waals surface area (Å²) in [6.45, 7) is 3.65. The Labute approximate surface area is 232 Å². The molecule has 1 aliphatic rings. The molecule has 0 saturated carbocycles. The van der Waals surface area contributed by atoms with Gasteiger partial charge in [0.15, 0.2) is 0 Å². The lowest BCUT2D eigenvalue weighted by Crippen LogP contribution is -2.51. The summed E-state index contributed by atoms with van der Waals surface area (Å²) >= 11 is 0. The van der Waals surface area contributed by atoms with Gasteiger partial charge >= 0.3 is 6.03 Å². The lowest BCUT2D eigenvalue weighted by Gasteiger charge is -2.35. The zero-order valence-corrected chi connectivity index (χ0v) is 23.4. The molecule has 1 atom stereocenters. The highest BCUT2D eigenvalue weighted by molar-refractivity contribution is 7.92. The number of anilines is 2. The molecular formula is C27H28N4O7S2. The van der Waals surface area contributed by atoms with E-state index in [-0.39, 0.29) is 39.4 Å². The highest BCUT2D eigenvalue weighted by Gasteiger charge is 2.42. The molecule has 40 heavy (non-hydrogen) atoms. The van der Waals surface area contributed by atoms with Gasteiger partial charge in [-0.2, -0.15) is 0 Å². The van der Waals surface area contributed by atoms with Crippen LogP contribution in [-0.4, -0.2) is 34.7 Å². The fraction of sp³-hybridized carbons (Fsp3) is 0.222. The number of aryl methyl sites for hydroxylation is 1. The molecule has 1 saturated heterocycles. The summed E-state index contributed by atoms with van der Waals surface area (Å²) in [7, 11) is -8.23. The number of nitrogens with one attached hydrogen (secondary N) is 4. The first-order valence-corrected chi connectivity index (χ1v) is 15.3. The minimum atomic E-state index is -4.13. The highest BCUT2D eigenvalue weighted by atomic mass is 32.2. The lowest BCUT2D eigenvalue weighted by atomic mass is 9.72. The van der Waals surface area contributed by atoms with E-state index in [1.54, 1.807) is 31.2 Å². The van der Waals surface area contributed by atoms with Gasteiger partial charge in [-0.3, -0.25) is 19.6 Å². The Balaban J connectivity index is 1.46. The standard InChI is InChI=1S/C27H28N4O7S2/c1-3-27(16-15-24(32)29-25(27)33)19-9-11-20(12-10-19)30-40(37,38)23-6-4-5-21(17-23)28-26(34)31-39(35,36)22-13-7-18(2)8-14-22/h4-14,17,30H,3,15-16H2,1-2H3,(H2,28,31,34)(H,29,32,33). The van der Waals surface area contributed by atoms with Gasteiger partial charge in [-0.25, -0.2) is 26.4 Å². The fourth-order valence-corrected chi connectivity index (χ4v) is 6.44. The van der Waals surface area contributed by atoms with E-state index in [0.29, 0.717) is 18.4 Å². The summed E-state index contributed by atoms with van der Waals surface area (Å²) in [4.78, 5) is 36.3. The van der Waals surface area contributed by atoms with E-state index in [1.165, 1.54) is 48.5 Å². The normalized spacial score (nSPS) is 17.6. The molecule has 1 heterocycles. The zero-order chi connectivity index (χ0) is 29.1. The predicted octanol–water partition coefficient (Wildman–Crippen LogP) is 3.39. The third-order valence-corrected chi connectivity index (χ3v) is 9.45. The van der Waals surface area contributed by atoms with Crippen molar-refractivity contribution < 1.29 is 31.2 Å². The average molecular weight is 585 g/mol. The van der Waals surface area contributed by atoms with Crippen molar-refractivity contribution in [3.63, 3.8) is 0 Å². The largest absolute Gasteiger partial charge is 0.333 e. The third kappa shape index (κ3) is 6.15. The van der Waals surface area contributed by atoms with Gasteiger partial charge in [0.1, 0.15) is 0 Å². The molecule has 3 aromatic rings. The summed E-state index contributed by atoms with van der Waals surface area (Å²) in [5.41, 5.74) is 0.935. The van der Waals surface area contributed by atoms with Crippen LogP contribution in [0.1, 0.15) is 37.3 Å². The molecule has 3 aromatic carbocycles. The summed E-state index contributed by atoms with van der Waals surface area (Å²) in [5, 5.41) is 4.71. The molecule has 4 amide bonds. The number of hydrogen-bond donors (Lipinski definition) is 4. The fourth-order valence-electron chi connectivity index (χ4n) is 4.43. The van der Waals surface area contributed by atoms with Crippen molar-refractivity contribution in [2.45, 2.75) is 48.3 Å². The van der Waals surface area contributed by atoms with Gasteiger partial charge in [0.25, 0.3) is 20.0 Å². The Hall–Kier alpha value is -4.23. The molecule has 0 bridgehead atoms. The van der Waals surface area contributed by atoms with Gasteiger partial charge in [-0.05, 0) is 67.8 Å². The molecule has 1 fully saturated rings. The molecule has 1 unspecified atom stereocenters. The second-order valence-electron chi connectivity index (χ2n) is 9.40. The quantitative estimate of drug-likeness (QED) is 0.294. The van der Waals surface area contributed by atoms with E-state index in [9.17, 15) is 31.2 Å². The van der Waals surface area contributed by atoms with Crippen LogP contribution in [0.2, 0.25) is 0 Å². The Kier molecular flexibility index (Phi) is 7.98. The van der Waals surface area contributed by atoms with Crippen LogP contribution in [0.3, 0.4) is 0 Å². The molecule has 13 heteroatoms. The topological polar surface area (TPSA) is 168 Å². The highest BCUT2D eigenvalue weighted by Crippen LogP contribution is 2.36. The van der Waals surface area contributed by atoms with Gasteiger partial charge in [-0.1, -0.05) is 42.8 Å². The molecule has 0 aliphatic carbocycles. The molecule has 4 N–H and O–H groups in total. The first-order valence-electron chi connectivity index (χ1n) is 12.3. The van der Waals surface area contributed by atoms with Gasteiger partial charge in [0, 0.05) is 17.8 Å². The molecule has 0 radical (unpaired) electrons. The van der Waals surface area contributed by atoms with Gasteiger partial charge < -0.3 is 5.32 Å². The molecule has 0 spiro atoms. The van der Waals surface area contributed by atoms with Crippen molar-refractivity contribution in [1.82, 2.24) is 10.0 Å². The van der Waals surface area contributed by atoms with E-state index in [4.69, 9.17) is 0 Å². The number of amides is 4. The van der Waals surface area contributed by atoms with Crippen molar-refractivity contribution in [3.05, 3.63) is 83.9 Å². The first kappa shape index (κ1) is 28.8. The van der Waals surface area contributed by atoms with Gasteiger partial charge in [0.05, 0.1) is 15.2 Å². The van der Waals surface area contributed by atoms with E-state index in [0.717, 1.165) is 5.56 Å². The number of sulfonamides is 2. The van der Waals surface area contributed by atoms with Crippen molar-refractivity contribution in [3.8, 4) is 0 Å². The number of carbonyl (C=O) groups is 3. The SMILES string of the molecule is CCC1(c2ccc(NS(=O)(=O)c3cccc(NC(=O)NS(=O)(=O)c4ccc(C)cc4)c3)cc2)CCC(=O)NC1=O. The number of piperidine rings is 1. The lowest BCUT2D eigenvalue weighted by molar-refractivity contribution is -0.138. The first-order chi connectivity index (χ1) is 18.8. The Morgan fingerprint density at radius 2 is 1.55 bits per heavy atom. The Morgan fingerprint density at radius 1 is 0.875 bits per heavy atom. The van der Waals surface area contributed by atoms with Crippen LogP contribution in [0.15, 0.2) is 82.6 Å². The van der Waals surface area contributed by atoms with Crippen molar-refractivity contribution >= 4 is 49.3 Å². The number of imide groups is 1. The Bertz CT molecular complexity index is 1670. The summed E-state index contributed by atoms with van der Waals surface area (Å²) in [5.74, 6) is -0.694. The summed E-state index contributed by atoms with van der Waals surface area (Å²) in [6.07, 6.45) is 1.05. The van der Waals surface area contributed by atoms with E-state index in [2.05, 4.69) is 15.4 Å². The minimum Gasteiger partial charge on any atom is -0.307 e. The van der Waals surface area contributed by atoms with E-state index < -0.39 is 31.5 Å². The molecule has 4 rings (SSSR count). The smallest absolute Gasteiger partial charge is 0.307 e. The average Bonchev–Trinajstić information content (AvgIpc) is 2.89. The number of rotatable bonds is 8. The maximum atomic E-state index is 13.0. The molecular weight excluding hydrogens is 556 g/mol. The van der Waals surface area contributed by atoms with Gasteiger partial charge in [0.2, 0.25) is 11.8 Å². The second kappa shape index (κ2) is 11.1. The van der Waals surface area contributed by atoms with Crippen LogP contribution < -0.4 is 20.1 Å². The van der Waals surface area contributed by atoms with Crippen LogP contribution in [-0.2, 0) is 35.1 Å². The van der Waals surface area contributed by atoms with E-state index in [1.807, 2.05) is 11.6 Å². The van der Waals surface area contributed by atoms with Crippen LogP contribution in [0, 0.1) is 6.92 Å². The Morgan fingerprint density at radius 3 is 2.17 bits per heavy atom. The molecule has 210 valence electrons. The van der Waals surface area contributed by atoms with Crippen molar-refractivity contribution in [1.29, 1.82) is 0 Å². The van der Waals surface area contributed by atoms with Crippen molar-refractivity contribution in [2.75, 3.05) is 10.0 Å². The summed E-state index contributed by atoms with van der Waals surface area (Å²) < 4.78 is 55.3. The maximum Gasteiger partial charge on any atom is 0.333 e. The number of benzene rings is 3. The number of urea groups is 1. The predicted molar refractivity (Wildman–Crippen MR) is 149 cm³/mol. The second-order valence-corrected chi connectivity index (χ2v) is 12.8. The van der Waals surface area contributed by atoms with Crippen molar-refractivity contribution in [2.24, 2.45) is 0 Å². The maximum absolute atomic E-state index is 13.0. The molecule has 11 nitrogen and oxygen atoms in total. The van der Waals surface area contributed by atoms with Crippen LogP contribution in [0.5, 0.6) is 0 Å². The third-order valence-electron chi connectivity index (χ3n) is 6.72. The molecule has 1 aliphatic heterocycles. The molecule has 0 aromatic heterocycles. The monoisotopic (exact) mass is 584 g/mol. The van der Waals surface area contributed by atoms with Crippen LogP contribution in [0.4, 0.5) is 16.2 Å². The number of hydrogen-bond acceptors (Lipinski definition) is 7. The van der Waals surface area contributed by atoms with Gasteiger partial charge in [-0.15, -0.1) is 0 Å². The zero-order valence-electron chi connectivity index (χ0n) is 21.7.